The Balaban J connectivity index is 1.28. The molecule has 0 saturated carbocycles. The maximum Gasteiger partial charge on any atom is 0.251 e. The van der Waals surface area contributed by atoms with Gasteiger partial charge in [0.15, 0.2) is 0 Å². The number of aromatic nitrogens is 2. The molecule has 1 aliphatic heterocycles. The Morgan fingerprint density at radius 3 is 2.59 bits per heavy atom. The Morgan fingerprint density at radius 1 is 1.17 bits per heavy atom. The zero-order valence-corrected chi connectivity index (χ0v) is 18.1. The van der Waals surface area contributed by atoms with Crippen LogP contribution < -0.4 is 5.32 Å². The maximum absolute atomic E-state index is 12.6. The van der Waals surface area contributed by atoms with Crippen molar-refractivity contribution in [3.63, 3.8) is 0 Å². The molecule has 1 N–H and O–H groups in total. The highest BCUT2D eigenvalue weighted by Gasteiger charge is 2.21. The monoisotopic (exact) mass is 452 g/mol. The van der Waals surface area contributed by atoms with Gasteiger partial charge in [-0.3, -0.25) is 9.69 Å². The summed E-state index contributed by atoms with van der Waals surface area (Å²) in [6.07, 6.45) is 5.60. The third kappa shape index (κ3) is 5.14. The van der Waals surface area contributed by atoms with Crippen LogP contribution in [0.3, 0.4) is 0 Å². The highest BCUT2D eigenvalue weighted by Crippen LogP contribution is 2.16. The zero-order valence-electron chi connectivity index (χ0n) is 16.5. The van der Waals surface area contributed by atoms with Gasteiger partial charge in [0.1, 0.15) is 0 Å². The van der Waals surface area contributed by atoms with Gasteiger partial charge in [0.25, 0.3) is 5.91 Å². The number of amides is 1. The number of carbonyl (C=O) groups is 1. The van der Waals surface area contributed by atoms with Gasteiger partial charge in [-0.05, 0) is 65.5 Å². The number of likely N-dealkylation sites (tertiary alicyclic amines) is 1. The second-order valence-corrected chi connectivity index (χ2v) is 8.58. The van der Waals surface area contributed by atoms with Crippen LogP contribution in [0.5, 0.6) is 0 Å². The van der Waals surface area contributed by atoms with Gasteiger partial charge in [0, 0.05) is 37.4 Å². The minimum atomic E-state index is -0.00432. The van der Waals surface area contributed by atoms with Crippen LogP contribution in [-0.4, -0.2) is 39.7 Å². The molecule has 2 aromatic carbocycles. The number of piperidine rings is 1. The summed E-state index contributed by atoms with van der Waals surface area (Å²) >= 11 is 3.40. The molecule has 6 heteroatoms. The number of hydrogen-bond donors (Lipinski definition) is 1. The van der Waals surface area contributed by atoms with E-state index in [9.17, 15) is 4.79 Å². The zero-order chi connectivity index (χ0) is 20.2. The fraction of sp³-hybridized carbons (Fsp3) is 0.304. The molecule has 0 radical (unpaired) electrons. The molecule has 1 saturated heterocycles. The smallest absolute Gasteiger partial charge is 0.251 e. The summed E-state index contributed by atoms with van der Waals surface area (Å²) in [5.41, 5.74) is 4.27. The van der Waals surface area contributed by atoms with Gasteiger partial charge in [-0.1, -0.05) is 29.8 Å². The number of rotatable bonds is 5. The summed E-state index contributed by atoms with van der Waals surface area (Å²) in [5, 5.41) is 7.46. The molecule has 2 heterocycles. The molecule has 1 aliphatic rings. The van der Waals surface area contributed by atoms with Gasteiger partial charge >= 0.3 is 0 Å². The van der Waals surface area contributed by atoms with Gasteiger partial charge in [0.05, 0.1) is 16.4 Å². The molecule has 3 aromatic rings. The molecule has 4 rings (SSSR count). The van der Waals surface area contributed by atoms with E-state index >= 15 is 0 Å². The van der Waals surface area contributed by atoms with Crippen molar-refractivity contribution in [3.05, 3.63) is 82.1 Å². The van der Waals surface area contributed by atoms with E-state index < -0.39 is 0 Å². The SMILES string of the molecule is Cc1cccc(CN2CCC(NC(=O)c3ccc(-n4cc(Br)cn4)cc3)CC2)c1. The number of nitrogens with one attached hydrogen (secondary N) is 1. The van der Waals surface area contributed by atoms with Crippen molar-refractivity contribution in [2.24, 2.45) is 0 Å². The van der Waals surface area contributed by atoms with Crippen LogP contribution in [0.25, 0.3) is 5.69 Å². The molecular weight excluding hydrogens is 428 g/mol. The van der Waals surface area contributed by atoms with E-state index in [1.165, 1.54) is 11.1 Å². The Labute approximate surface area is 179 Å². The predicted molar refractivity (Wildman–Crippen MR) is 118 cm³/mol. The van der Waals surface area contributed by atoms with E-state index in [0.717, 1.165) is 42.6 Å². The summed E-state index contributed by atoms with van der Waals surface area (Å²) in [6.45, 7) is 5.12. The van der Waals surface area contributed by atoms with Gasteiger partial charge in [-0.15, -0.1) is 0 Å². The van der Waals surface area contributed by atoms with Crippen LogP contribution in [0.15, 0.2) is 65.4 Å². The minimum Gasteiger partial charge on any atom is -0.349 e. The summed E-state index contributed by atoms with van der Waals surface area (Å²) < 4.78 is 2.70. The minimum absolute atomic E-state index is 0.00432. The molecule has 0 aliphatic carbocycles. The van der Waals surface area contributed by atoms with Gasteiger partial charge in [0.2, 0.25) is 0 Å². The third-order valence-corrected chi connectivity index (χ3v) is 5.77. The molecule has 150 valence electrons. The van der Waals surface area contributed by atoms with Crippen molar-refractivity contribution in [2.45, 2.75) is 32.4 Å². The highest BCUT2D eigenvalue weighted by molar-refractivity contribution is 9.10. The van der Waals surface area contributed by atoms with Crippen LogP contribution in [0.1, 0.15) is 34.3 Å². The predicted octanol–water partition coefficient (Wildman–Crippen LogP) is 4.34. The summed E-state index contributed by atoms with van der Waals surface area (Å²) in [4.78, 5) is 15.1. The molecule has 0 atom stereocenters. The molecule has 0 unspecified atom stereocenters. The average Bonchev–Trinajstić information content (AvgIpc) is 3.16. The molecule has 0 bridgehead atoms. The number of aryl methyl sites for hydroxylation is 1. The number of carbonyl (C=O) groups excluding carboxylic acids is 1. The van der Waals surface area contributed by atoms with Crippen molar-refractivity contribution in [2.75, 3.05) is 13.1 Å². The third-order valence-electron chi connectivity index (χ3n) is 5.36. The summed E-state index contributed by atoms with van der Waals surface area (Å²) in [7, 11) is 0. The Morgan fingerprint density at radius 2 is 1.93 bits per heavy atom. The quantitative estimate of drug-likeness (QED) is 0.626. The molecule has 1 fully saturated rings. The van der Waals surface area contributed by atoms with Crippen molar-refractivity contribution in [1.29, 1.82) is 0 Å². The highest BCUT2D eigenvalue weighted by atomic mass is 79.9. The van der Waals surface area contributed by atoms with Crippen LogP contribution in [0.4, 0.5) is 0 Å². The first-order valence-corrected chi connectivity index (χ1v) is 10.8. The lowest BCUT2D eigenvalue weighted by Crippen LogP contribution is -2.44. The van der Waals surface area contributed by atoms with Gasteiger partial charge < -0.3 is 5.32 Å². The Bertz CT molecular complexity index is 975. The van der Waals surface area contributed by atoms with Crippen molar-refractivity contribution in [1.82, 2.24) is 20.0 Å². The number of halogens is 1. The first-order valence-electron chi connectivity index (χ1n) is 9.96. The molecular formula is C23H25BrN4O. The topological polar surface area (TPSA) is 50.2 Å². The first-order chi connectivity index (χ1) is 14.1. The number of hydrogen-bond acceptors (Lipinski definition) is 3. The second-order valence-electron chi connectivity index (χ2n) is 7.66. The lowest BCUT2D eigenvalue weighted by atomic mass is 10.0. The van der Waals surface area contributed by atoms with Crippen LogP contribution >= 0.6 is 15.9 Å². The van der Waals surface area contributed by atoms with Crippen LogP contribution in [0, 0.1) is 6.92 Å². The average molecular weight is 453 g/mol. The molecule has 0 spiro atoms. The fourth-order valence-corrected chi connectivity index (χ4v) is 4.07. The van der Waals surface area contributed by atoms with E-state index in [-0.39, 0.29) is 11.9 Å². The molecule has 29 heavy (non-hydrogen) atoms. The van der Waals surface area contributed by atoms with Gasteiger partial charge in [-0.25, -0.2) is 4.68 Å². The maximum atomic E-state index is 12.6. The summed E-state index contributed by atoms with van der Waals surface area (Å²) in [6, 6.07) is 16.5. The molecule has 1 amide bonds. The Kier molecular flexibility index (Phi) is 6.11. The molecule has 1 aromatic heterocycles. The van der Waals surface area contributed by atoms with Crippen molar-refractivity contribution < 1.29 is 4.79 Å². The standard InChI is InChI=1S/C23H25BrN4O/c1-17-3-2-4-18(13-17)15-27-11-9-21(10-12-27)26-23(29)19-5-7-22(8-6-19)28-16-20(24)14-25-28/h2-8,13-14,16,21H,9-12,15H2,1H3,(H,26,29). The fourth-order valence-electron chi connectivity index (χ4n) is 3.78. The van der Waals surface area contributed by atoms with E-state index in [1.807, 2.05) is 30.5 Å². The van der Waals surface area contributed by atoms with E-state index in [2.05, 4.69) is 62.4 Å². The van der Waals surface area contributed by atoms with E-state index in [0.29, 0.717) is 5.56 Å². The van der Waals surface area contributed by atoms with Crippen molar-refractivity contribution >= 4 is 21.8 Å². The molecule has 5 nitrogen and oxygen atoms in total. The van der Waals surface area contributed by atoms with E-state index in [1.54, 1.807) is 10.9 Å². The van der Waals surface area contributed by atoms with Crippen LogP contribution in [-0.2, 0) is 6.54 Å². The Hall–Kier alpha value is -2.44. The number of nitrogens with zero attached hydrogens (tertiary/aromatic N) is 3. The summed E-state index contributed by atoms with van der Waals surface area (Å²) in [5.74, 6) is -0.00432. The van der Waals surface area contributed by atoms with E-state index in [4.69, 9.17) is 0 Å². The second kappa shape index (κ2) is 8.93. The largest absolute Gasteiger partial charge is 0.349 e. The number of benzene rings is 2. The normalized spacial score (nSPS) is 15.4. The van der Waals surface area contributed by atoms with Gasteiger partial charge in [-0.2, -0.15) is 5.10 Å². The van der Waals surface area contributed by atoms with Crippen LogP contribution in [0.2, 0.25) is 0 Å². The lowest BCUT2D eigenvalue weighted by molar-refractivity contribution is 0.0909. The lowest BCUT2D eigenvalue weighted by Gasteiger charge is -2.32. The first kappa shape index (κ1) is 19.9. The van der Waals surface area contributed by atoms with Crippen molar-refractivity contribution in [3.8, 4) is 5.69 Å².